The highest BCUT2D eigenvalue weighted by Crippen LogP contribution is 2.52. The van der Waals surface area contributed by atoms with E-state index >= 15 is 0 Å². The van der Waals surface area contributed by atoms with Crippen LogP contribution in [0, 0.1) is 0 Å². The first-order valence-corrected chi connectivity index (χ1v) is 21.5. The Hall–Kier alpha value is -7.14. The second kappa shape index (κ2) is 12.7. The van der Waals surface area contributed by atoms with Gasteiger partial charge in [0.25, 0.3) is 0 Å². The molecular weight excluding hydrogens is 765 g/mol. The molecule has 3 heterocycles. The van der Waals surface area contributed by atoms with Gasteiger partial charge in [0.15, 0.2) is 23.0 Å². The Kier molecular flexibility index (Phi) is 7.47. The number of benzene rings is 8. The zero-order valence-corrected chi connectivity index (χ0v) is 32.1. The standard InChI is InChI=1S/C48H30N2O6S2/c51-57(52)45-27-21-33(31-17-23-35(24-18-31)49-37-9-1-5-13-41(37)55-42-14-6-2-10-38(42)49)29-47(45)58(53,54)48-30-34(22-28-46(48)57)32-19-25-36(26-20-32)50-39-11-3-7-15-43(39)56-44-16-8-4-12-40(44)50/h1-30H. The number of rotatable bonds is 4. The van der Waals surface area contributed by atoms with Crippen LogP contribution in [0.5, 0.6) is 23.0 Å². The van der Waals surface area contributed by atoms with Crippen LogP contribution in [-0.2, 0) is 19.7 Å². The van der Waals surface area contributed by atoms with Crippen LogP contribution in [0.4, 0.5) is 34.1 Å². The molecule has 8 aromatic rings. The number of sulfone groups is 2. The van der Waals surface area contributed by atoms with Crippen LogP contribution in [0.25, 0.3) is 22.3 Å². The number of hydrogen-bond donors (Lipinski definition) is 0. The van der Waals surface area contributed by atoms with Crippen LogP contribution in [0.2, 0.25) is 0 Å². The molecule has 3 aliphatic heterocycles. The molecule has 0 atom stereocenters. The first kappa shape index (κ1) is 34.1. The number of hydrogen-bond acceptors (Lipinski definition) is 8. The lowest BCUT2D eigenvalue weighted by atomic mass is 10.0. The summed E-state index contributed by atoms with van der Waals surface area (Å²) in [4.78, 5) is 3.29. The van der Waals surface area contributed by atoms with Crippen molar-refractivity contribution in [1.82, 2.24) is 0 Å². The molecule has 0 fully saturated rings. The molecule has 0 bridgehead atoms. The predicted molar refractivity (Wildman–Crippen MR) is 224 cm³/mol. The Balaban J connectivity index is 0.934. The maximum atomic E-state index is 14.4. The van der Waals surface area contributed by atoms with E-state index in [0.717, 1.165) is 68.2 Å². The molecule has 8 nitrogen and oxygen atoms in total. The Morgan fingerprint density at radius 2 is 0.603 bits per heavy atom. The topological polar surface area (TPSA) is 93.2 Å². The van der Waals surface area contributed by atoms with Crippen LogP contribution in [-0.4, -0.2) is 16.8 Å². The van der Waals surface area contributed by atoms with Crippen molar-refractivity contribution in [3.05, 3.63) is 182 Å². The minimum atomic E-state index is -4.24. The maximum Gasteiger partial charge on any atom is 0.209 e. The van der Waals surface area contributed by atoms with E-state index in [1.807, 2.05) is 146 Å². The summed E-state index contributed by atoms with van der Waals surface area (Å²) < 4.78 is 69.3. The van der Waals surface area contributed by atoms with E-state index in [1.54, 1.807) is 12.1 Å². The average molecular weight is 795 g/mol. The fourth-order valence-corrected chi connectivity index (χ4v) is 12.2. The van der Waals surface area contributed by atoms with Crippen LogP contribution < -0.4 is 19.3 Å². The largest absolute Gasteiger partial charge is 0.453 e. The van der Waals surface area contributed by atoms with Crippen molar-refractivity contribution in [3.63, 3.8) is 0 Å². The number of nitrogens with zero attached hydrogens (tertiary/aromatic N) is 2. The van der Waals surface area contributed by atoms with Crippen molar-refractivity contribution < 1.29 is 26.3 Å². The Morgan fingerprint density at radius 3 is 0.948 bits per heavy atom. The van der Waals surface area contributed by atoms with Crippen molar-refractivity contribution in [2.24, 2.45) is 0 Å². The van der Waals surface area contributed by atoms with E-state index < -0.39 is 19.7 Å². The zero-order valence-electron chi connectivity index (χ0n) is 30.5. The van der Waals surface area contributed by atoms with Gasteiger partial charge >= 0.3 is 0 Å². The first-order chi connectivity index (χ1) is 28.3. The van der Waals surface area contributed by atoms with Crippen molar-refractivity contribution in [3.8, 4) is 45.3 Å². The van der Waals surface area contributed by atoms with Crippen molar-refractivity contribution in [1.29, 1.82) is 0 Å². The van der Waals surface area contributed by atoms with Gasteiger partial charge in [0.05, 0.1) is 42.3 Å². The second-order valence-electron chi connectivity index (χ2n) is 14.2. The summed E-state index contributed by atoms with van der Waals surface area (Å²) in [7, 11) is -8.38. The minimum Gasteiger partial charge on any atom is -0.453 e. The van der Waals surface area contributed by atoms with E-state index in [2.05, 4.69) is 9.80 Å². The number of ether oxygens (including phenoxy) is 2. The van der Waals surface area contributed by atoms with Gasteiger partial charge in [-0.05, 0) is 119 Å². The van der Waals surface area contributed by atoms with E-state index in [9.17, 15) is 16.8 Å². The van der Waals surface area contributed by atoms with Gasteiger partial charge in [0.1, 0.15) is 0 Å². The smallest absolute Gasteiger partial charge is 0.209 e. The summed E-state index contributed by atoms with van der Waals surface area (Å²) in [6.07, 6.45) is 0. The molecule has 0 unspecified atom stereocenters. The monoisotopic (exact) mass is 794 g/mol. The van der Waals surface area contributed by atoms with Crippen LogP contribution in [0.1, 0.15) is 0 Å². The molecule has 8 aromatic carbocycles. The van der Waals surface area contributed by atoms with Crippen LogP contribution in [0.3, 0.4) is 0 Å². The molecule has 0 N–H and O–H groups in total. The summed E-state index contributed by atoms with van der Waals surface area (Å²) in [5, 5.41) is 0. The first-order valence-electron chi connectivity index (χ1n) is 18.6. The van der Waals surface area contributed by atoms with Gasteiger partial charge in [-0.25, -0.2) is 16.8 Å². The van der Waals surface area contributed by atoms with Gasteiger partial charge in [0, 0.05) is 11.4 Å². The quantitative estimate of drug-likeness (QED) is 0.174. The maximum absolute atomic E-state index is 14.4. The normalized spacial score (nSPS) is 15.0. The van der Waals surface area contributed by atoms with E-state index in [4.69, 9.17) is 9.47 Å². The number of fused-ring (bicyclic) bond motifs is 6. The molecule has 10 heteroatoms. The molecule has 280 valence electrons. The highest BCUT2D eigenvalue weighted by Gasteiger charge is 2.40. The fraction of sp³-hybridized carbons (Fsp3) is 0. The molecule has 0 radical (unpaired) electrons. The SMILES string of the molecule is O=S1(=O)c2ccc(-c3ccc(N4c5ccccc5Oc5ccccc54)cc3)cc2S(=O)(=O)c2cc(-c3ccc(N4c5ccccc5Oc5ccccc54)cc3)ccc21. The van der Waals surface area contributed by atoms with Gasteiger partial charge in [-0.2, -0.15) is 0 Å². The molecule has 0 saturated carbocycles. The summed E-state index contributed by atoms with van der Waals surface area (Å²) >= 11 is 0. The van der Waals surface area contributed by atoms with Gasteiger partial charge in [0.2, 0.25) is 19.7 Å². The summed E-state index contributed by atoms with van der Waals surface area (Å²) in [5.74, 6) is 2.93. The van der Waals surface area contributed by atoms with E-state index in [0.29, 0.717) is 11.1 Å². The predicted octanol–water partition coefficient (Wildman–Crippen LogP) is 12.2. The van der Waals surface area contributed by atoms with Crippen LogP contribution in [0.15, 0.2) is 202 Å². The molecule has 0 amide bonds. The molecule has 11 rings (SSSR count). The van der Waals surface area contributed by atoms with Gasteiger partial charge in [-0.1, -0.05) is 84.9 Å². The molecule has 3 aliphatic rings. The molecule has 0 aromatic heterocycles. The van der Waals surface area contributed by atoms with E-state index in [1.165, 1.54) is 24.3 Å². The fourth-order valence-electron chi connectivity index (χ4n) is 8.05. The minimum absolute atomic E-state index is 0.231. The highest BCUT2D eigenvalue weighted by molar-refractivity contribution is 7.97. The summed E-state index contributed by atoms with van der Waals surface area (Å²) in [5.41, 5.74) is 7.95. The zero-order chi connectivity index (χ0) is 39.2. The lowest BCUT2D eigenvalue weighted by Crippen LogP contribution is -2.20. The third-order valence-electron chi connectivity index (χ3n) is 10.8. The van der Waals surface area contributed by atoms with Gasteiger partial charge in [-0.3, -0.25) is 0 Å². The molecular formula is C48H30N2O6S2. The molecule has 0 saturated heterocycles. The van der Waals surface area contributed by atoms with Crippen molar-refractivity contribution in [2.45, 2.75) is 19.6 Å². The Labute approximate surface area is 335 Å². The third kappa shape index (κ3) is 5.19. The molecule has 0 spiro atoms. The van der Waals surface area contributed by atoms with E-state index in [-0.39, 0.29) is 19.6 Å². The average Bonchev–Trinajstić information content (AvgIpc) is 3.26. The Morgan fingerprint density at radius 1 is 0.310 bits per heavy atom. The lowest BCUT2D eigenvalue weighted by Gasteiger charge is -2.32. The summed E-state index contributed by atoms with van der Waals surface area (Å²) in [6.45, 7) is 0. The third-order valence-corrected chi connectivity index (χ3v) is 14.8. The Bertz CT molecular complexity index is 2930. The lowest BCUT2D eigenvalue weighted by molar-refractivity contribution is 0.477. The summed E-state index contributed by atoms with van der Waals surface area (Å²) in [6, 6.07) is 55.8. The highest BCUT2D eigenvalue weighted by atomic mass is 32.2. The van der Waals surface area contributed by atoms with Gasteiger partial charge < -0.3 is 19.3 Å². The number of para-hydroxylation sites is 8. The molecule has 58 heavy (non-hydrogen) atoms. The van der Waals surface area contributed by atoms with Crippen molar-refractivity contribution >= 4 is 53.8 Å². The second-order valence-corrected chi connectivity index (χ2v) is 17.9. The van der Waals surface area contributed by atoms with Crippen LogP contribution >= 0.6 is 0 Å². The van der Waals surface area contributed by atoms with Gasteiger partial charge in [-0.15, -0.1) is 0 Å². The molecule has 0 aliphatic carbocycles. The number of anilines is 6. The van der Waals surface area contributed by atoms with Crippen molar-refractivity contribution in [2.75, 3.05) is 9.80 Å².